The predicted molar refractivity (Wildman–Crippen MR) is 102 cm³/mol. The minimum absolute atomic E-state index is 0.367. The summed E-state index contributed by atoms with van der Waals surface area (Å²) in [5.41, 5.74) is 8.91. The van der Waals surface area contributed by atoms with Crippen LogP contribution in [0.1, 0.15) is 11.1 Å². The number of carbonyl (C=O) groups excluding carboxylic acids is 1. The van der Waals surface area contributed by atoms with Crippen molar-refractivity contribution in [1.29, 1.82) is 0 Å². The molecule has 0 heterocycles. The molecular formula is C20H19N3O3. The number of hydrazone groups is 1. The Bertz CT molecular complexity index is 949. The normalized spacial score (nSPS) is 10.8. The highest BCUT2D eigenvalue weighted by Crippen LogP contribution is 2.31. The fourth-order valence-electron chi connectivity index (χ4n) is 2.68. The smallest absolute Gasteiger partial charge is 0.332 e. The van der Waals surface area contributed by atoms with Gasteiger partial charge in [-0.2, -0.15) is 5.10 Å². The zero-order chi connectivity index (χ0) is 18.4. The highest BCUT2D eigenvalue weighted by molar-refractivity contribution is 5.87. The Labute approximate surface area is 151 Å². The molecule has 0 unspecified atom stereocenters. The van der Waals surface area contributed by atoms with Crippen LogP contribution in [0.5, 0.6) is 11.5 Å². The van der Waals surface area contributed by atoms with Gasteiger partial charge in [-0.05, 0) is 28.5 Å². The number of methoxy groups -OCH3 is 1. The number of hydrogen-bond acceptors (Lipinski definition) is 4. The second kappa shape index (κ2) is 8.02. The first kappa shape index (κ1) is 17.3. The molecule has 2 amide bonds. The van der Waals surface area contributed by atoms with Crippen molar-refractivity contribution in [3.8, 4) is 11.5 Å². The lowest BCUT2D eigenvalue weighted by Crippen LogP contribution is -2.24. The molecule has 0 atom stereocenters. The minimum atomic E-state index is -0.734. The number of rotatable bonds is 6. The Morgan fingerprint density at radius 2 is 1.88 bits per heavy atom. The molecule has 0 aliphatic rings. The van der Waals surface area contributed by atoms with Crippen LogP contribution in [-0.2, 0) is 6.61 Å². The first-order chi connectivity index (χ1) is 12.7. The van der Waals surface area contributed by atoms with Crippen molar-refractivity contribution in [3.05, 3.63) is 71.8 Å². The van der Waals surface area contributed by atoms with Gasteiger partial charge >= 0.3 is 6.03 Å². The summed E-state index contributed by atoms with van der Waals surface area (Å²) in [5, 5.41) is 6.09. The number of nitrogens with zero attached hydrogens (tertiary/aromatic N) is 1. The van der Waals surface area contributed by atoms with Crippen LogP contribution in [0.25, 0.3) is 10.8 Å². The summed E-state index contributed by atoms with van der Waals surface area (Å²) >= 11 is 0. The van der Waals surface area contributed by atoms with Crippen LogP contribution in [0.2, 0.25) is 0 Å². The van der Waals surface area contributed by atoms with Gasteiger partial charge in [-0.3, -0.25) is 0 Å². The average molecular weight is 349 g/mol. The molecule has 0 fully saturated rings. The van der Waals surface area contributed by atoms with Crippen LogP contribution in [0, 0.1) is 0 Å². The number of fused-ring (bicyclic) bond motifs is 1. The van der Waals surface area contributed by atoms with Crippen molar-refractivity contribution >= 4 is 23.0 Å². The van der Waals surface area contributed by atoms with Crippen LogP contribution in [0.15, 0.2) is 65.8 Å². The molecule has 0 aliphatic heterocycles. The van der Waals surface area contributed by atoms with Gasteiger partial charge in [0.25, 0.3) is 0 Å². The van der Waals surface area contributed by atoms with Gasteiger partial charge in [0, 0.05) is 5.56 Å². The number of urea groups is 1. The van der Waals surface area contributed by atoms with E-state index in [1.165, 1.54) is 6.21 Å². The van der Waals surface area contributed by atoms with Gasteiger partial charge < -0.3 is 15.2 Å². The predicted octanol–water partition coefficient (Wildman–Crippen LogP) is 3.43. The van der Waals surface area contributed by atoms with Gasteiger partial charge in [-0.25, -0.2) is 10.2 Å². The van der Waals surface area contributed by atoms with E-state index in [0.717, 1.165) is 16.3 Å². The Hall–Kier alpha value is -3.54. The number of primary amides is 1. The Morgan fingerprint density at radius 3 is 2.69 bits per heavy atom. The summed E-state index contributed by atoms with van der Waals surface area (Å²) in [6, 6.07) is 18.9. The molecule has 0 bridgehead atoms. The number of carbonyl (C=O) groups is 1. The lowest BCUT2D eigenvalue weighted by atomic mass is 10.1. The van der Waals surface area contributed by atoms with Gasteiger partial charge in [0.15, 0.2) is 11.5 Å². The summed E-state index contributed by atoms with van der Waals surface area (Å²) in [7, 11) is 1.57. The SMILES string of the molecule is COc1cccc(/C=N\NC(N)=O)c1OCc1cccc2ccccc12. The maximum absolute atomic E-state index is 10.8. The lowest BCUT2D eigenvalue weighted by Gasteiger charge is -2.14. The zero-order valence-electron chi connectivity index (χ0n) is 14.3. The Morgan fingerprint density at radius 1 is 1.12 bits per heavy atom. The maximum atomic E-state index is 10.8. The average Bonchev–Trinajstić information content (AvgIpc) is 2.66. The number of para-hydroxylation sites is 1. The molecule has 132 valence electrons. The van der Waals surface area contributed by atoms with Crippen molar-refractivity contribution in [3.63, 3.8) is 0 Å². The van der Waals surface area contributed by atoms with Crippen molar-refractivity contribution in [2.24, 2.45) is 10.8 Å². The summed E-state index contributed by atoms with van der Waals surface area (Å²) in [4.78, 5) is 10.8. The van der Waals surface area contributed by atoms with Gasteiger partial charge in [0.2, 0.25) is 0 Å². The van der Waals surface area contributed by atoms with Crippen LogP contribution >= 0.6 is 0 Å². The van der Waals surface area contributed by atoms with Gasteiger partial charge in [0.05, 0.1) is 13.3 Å². The van der Waals surface area contributed by atoms with E-state index in [0.29, 0.717) is 23.7 Å². The largest absolute Gasteiger partial charge is 0.493 e. The topological polar surface area (TPSA) is 85.9 Å². The lowest BCUT2D eigenvalue weighted by molar-refractivity contribution is 0.249. The molecule has 3 N–H and O–H groups in total. The highest BCUT2D eigenvalue weighted by Gasteiger charge is 2.10. The molecule has 0 radical (unpaired) electrons. The van der Waals surface area contributed by atoms with E-state index in [1.54, 1.807) is 13.2 Å². The van der Waals surface area contributed by atoms with E-state index in [2.05, 4.69) is 28.7 Å². The second-order valence-electron chi connectivity index (χ2n) is 5.54. The van der Waals surface area contributed by atoms with Gasteiger partial charge in [-0.1, -0.05) is 48.5 Å². The second-order valence-corrected chi connectivity index (χ2v) is 5.54. The number of nitrogens with two attached hydrogens (primary N) is 1. The molecule has 3 aromatic rings. The van der Waals surface area contributed by atoms with E-state index < -0.39 is 6.03 Å². The molecule has 0 spiro atoms. The summed E-state index contributed by atoms with van der Waals surface area (Å²) in [6.45, 7) is 0.367. The van der Waals surface area contributed by atoms with Gasteiger partial charge in [-0.15, -0.1) is 0 Å². The Kier molecular flexibility index (Phi) is 5.34. The number of benzene rings is 3. The molecular weight excluding hydrogens is 330 g/mol. The maximum Gasteiger partial charge on any atom is 0.332 e. The van der Waals surface area contributed by atoms with Crippen molar-refractivity contribution in [1.82, 2.24) is 5.43 Å². The van der Waals surface area contributed by atoms with E-state index in [9.17, 15) is 4.79 Å². The van der Waals surface area contributed by atoms with E-state index in [-0.39, 0.29) is 0 Å². The molecule has 6 nitrogen and oxygen atoms in total. The third kappa shape index (κ3) is 3.92. The number of hydrogen-bond donors (Lipinski definition) is 2. The van der Waals surface area contributed by atoms with E-state index >= 15 is 0 Å². The molecule has 0 aromatic heterocycles. The van der Waals surface area contributed by atoms with E-state index in [1.807, 2.05) is 36.4 Å². The first-order valence-electron chi connectivity index (χ1n) is 8.04. The molecule has 6 heteroatoms. The Balaban J connectivity index is 1.88. The van der Waals surface area contributed by atoms with E-state index in [4.69, 9.17) is 15.2 Å². The molecule has 0 saturated carbocycles. The summed E-state index contributed by atoms with van der Waals surface area (Å²) in [5.74, 6) is 1.12. The fraction of sp³-hybridized carbons (Fsp3) is 0.100. The highest BCUT2D eigenvalue weighted by atomic mass is 16.5. The third-order valence-electron chi connectivity index (χ3n) is 3.86. The van der Waals surface area contributed by atoms with Gasteiger partial charge in [0.1, 0.15) is 6.61 Å². The minimum Gasteiger partial charge on any atom is -0.493 e. The number of nitrogens with one attached hydrogen (secondary N) is 1. The van der Waals surface area contributed by atoms with Crippen LogP contribution in [0.4, 0.5) is 4.79 Å². The standard InChI is InChI=1S/C20H19N3O3/c1-25-18-11-5-8-15(12-22-23-20(21)24)19(18)26-13-16-9-4-7-14-6-2-3-10-17(14)16/h2-12H,13H2,1H3,(H3,21,23,24)/b22-12-. The van der Waals surface area contributed by atoms with Crippen LogP contribution in [0.3, 0.4) is 0 Å². The van der Waals surface area contributed by atoms with Crippen molar-refractivity contribution < 1.29 is 14.3 Å². The molecule has 3 rings (SSSR count). The monoisotopic (exact) mass is 349 g/mol. The van der Waals surface area contributed by atoms with Crippen LogP contribution < -0.4 is 20.6 Å². The third-order valence-corrected chi connectivity index (χ3v) is 3.86. The van der Waals surface area contributed by atoms with Crippen LogP contribution in [-0.4, -0.2) is 19.4 Å². The summed E-state index contributed by atoms with van der Waals surface area (Å²) in [6.07, 6.45) is 1.46. The van der Waals surface area contributed by atoms with Crippen molar-refractivity contribution in [2.75, 3.05) is 7.11 Å². The quantitative estimate of drug-likeness (QED) is 0.528. The fourth-order valence-corrected chi connectivity index (χ4v) is 2.68. The molecule has 3 aromatic carbocycles. The summed E-state index contributed by atoms with van der Waals surface area (Å²) < 4.78 is 11.4. The molecule has 0 aliphatic carbocycles. The van der Waals surface area contributed by atoms with Crippen molar-refractivity contribution in [2.45, 2.75) is 6.61 Å². The molecule has 0 saturated heterocycles. The molecule has 26 heavy (non-hydrogen) atoms. The zero-order valence-corrected chi connectivity index (χ0v) is 14.3. The first-order valence-corrected chi connectivity index (χ1v) is 8.04. The number of ether oxygens (including phenoxy) is 2. The number of amides is 2.